The molecule has 0 saturated carbocycles. The number of amides is 1. The van der Waals surface area contributed by atoms with Gasteiger partial charge in [0.2, 0.25) is 5.91 Å². The van der Waals surface area contributed by atoms with Gasteiger partial charge in [-0.2, -0.15) is 0 Å². The molecule has 1 aromatic carbocycles. The summed E-state index contributed by atoms with van der Waals surface area (Å²) in [5.41, 5.74) is 0.599. The van der Waals surface area contributed by atoms with Crippen molar-refractivity contribution >= 4 is 28.9 Å². The zero-order valence-electron chi connectivity index (χ0n) is 11.5. The van der Waals surface area contributed by atoms with Gasteiger partial charge in [-0.1, -0.05) is 0 Å². The van der Waals surface area contributed by atoms with Crippen molar-refractivity contribution in [1.82, 2.24) is 4.98 Å². The third-order valence-corrected chi connectivity index (χ3v) is 3.89. The fraction of sp³-hybridized carbons (Fsp3) is 0.214. The first-order valence-electron chi connectivity index (χ1n) is 6.15. The lowest BCUT2D eigenvalue weighted by molar-refractivity contribution is -0.117. The Hall–Kier alpha value is -2.41. The number of carbonyl (C=O) groups is 2. The second-order valence-corrected chi connectivity index (χ2v) is 5.21. The molecule has 0 bridgehead atoms. The van der Waals surface area contributed by atoms with E-state index in [1.165, 1.54) is 5.38 Å². The predicted octanol–water partition coefficient (Wildman–Crippen LogP) is 2.59. The summed E-state index contributed by atoms with van der Waals surface area (Å²) < 4.78 is 5.04. The number of rotatable bonds is 5. The lowest BCUT2D eigenvalue weighted by Gasteiger charge is -2.10. The van der Waals surface area contributed by atoms with Crippen molar-refractivity contribution in [2.24, 2.45) is 0 Å². The van der Waals surface area contributed by atoms with Crippen LogP contribution >= 0.6 is 11.3 Å². The van der Waals surface area contributed by atoms with E-state index < -0.39 is 11.9 Å². The molecule has 2 rings (SSSR count). The molecule has 7 heteroatoms. The van der Waals surface area contributed by atoms with Crippen LogP contribution < -0.4 is 10.1 Å². The van der Waals surface area contributed by atoms with Gasteiger partial charge in [-0.3, -0.25) is 4.79 Å². The number of anilines is 1. The smallest absolute Gasteiger partial charge is 0.355 e. The summed E-state index contributed by atoms with van der Waals surface area (Å²) in [4.78, 5) is 26.9. The molecular formula is C14H14N2O4S. The second-order valence-electron chi connectivity index (χ2n) is 4.32. The van der Waals surface area contributed by atoms with Gasteiger partial charge < -0.3 is 15.2 Å². The molecule has 0 spiro atoms. The largest absolute Gasteiger partial charge is 0.497 e. The van der Waals surface area contributed by atoms with Crippen molar-refractivity contribution in [3.8, 4) is 5.75 Å². The van der Waals surface area contributed by atoms with Crippen molar-refractivity contribution in [2.75, 3.05) is 12.4 Å². The number of carbonyl (C=O) groups excluding carboxylic acids is 1. The van der Waals surface area contributed by atoms with Crippen LogP contribution in [0.4, 0.5) is 5.69 Å². The van der Waals surface area contributed by atoms with E-state index in [1.54, 1.807) is 38.3 Å². The Morgan fingerprint density at radius 3 is 2.52 bits per heavy atom. The normalized spacial score (nSPS) is 11.7. The van der Waals surface area contributed by atoms with Crippen LogP contribution in [0.5, 0.6) is 5.75 Å². The van der Waals surface area contributed by atoms with E-state index in [4.69, 9.17) is 9.84 Å². The van der Waals surface area contributed by atoms with Gasteiger partial charge in [-0.05, 0) is 31.2 Å². The number of methoxy groups -OCH3 is 1. The monoisotopic (exact) mass is 306 g/mol. The van der Waals surface area contributed by atoms with E-state index in [0.717, 1.165) is 11.3 Å². The lowest BCUT2D eigenvalue weighted by atomic mass is 10.1. The minimum absolute atomic E-state index is 0.0425. The molecule has 1 aromatic heterocycles. The van der Waals surface area contributed by atoms with Crippen LogP contribution in [0.25, 0.3) is 0 Å². The maximum Gasteiger partial charge on any atom is 0.355 e. The molecule has 0 aliphatic rings. The Morgan fingerprint density at radius 2 is 2.00 bits per heavy atom. The zero-order valence-corrected chi connectivity index (χ0v) is 12.3. The van der Waals surface area contributed by atoms with Gasteiger partial charge >= 0.3 is 5.97 Å². The number of ether oxygens (including phenoxy) is 1. The number of nitrogens with one attached hydrogen (secondary N) is 1. The average Bonchev–Trinajstić information content (AvgIpc) is 2.97. The van der Waals surface area contributed by atoms with Crippen molar-refractivity contribution < 1.29 is 19.4 Å². The molecule has 0 fully saturated rings. The molecule has 0 aliphatic heterocycles. The number of benzene rings is 1. The summed E-state index contributed by atoms with van der Waals surface area (Å²) >= 11 is 1.16. The number of aromatic nitrogens is 1. The highest BCUT2D eigenvalue weighted by Gasteiger charge is 2.20. The van der Waals surface area contributed by atoms with E-state index >= 15 is 0 Å². The first-order chi connectivity index (χ1) is 10.0. The molecule has 1 atom stereocenters. The number of hydrogen-bond acceptors (Lipinski definition) is 5. The van der Waals surface area contributed by atoms with Crippen LogP contribution in [0.3, 0.4) is 0 Å². The fourth-order valence-electron chi connectivity index (χ4n) is 1.62. The molecule has 6 nitrogen and oxygen atoms in total. The number of carboxylic acid groups (broad SMARTS) is 1. The van der Waals surface area contributed by atoms with Gasteiger partial charge in [0.25, 0.3) is 0 Å². The highest BCUT2D eigenvalue weighted by molar-refractivity contribution is 7.10. The minimum Gasteiger partial charge on any atom is -0.497 e. The van der Waals surface area contributed by atoms with Crippen molar-refractivity contribution in [3.05, 3.63) is 40.3 Å². The van der Waals surface area contributed by atoms with Crippen LogP contribution in [-0.2, 0) is 4.79 Å². The fourth-order valence-corrected chi connectivity index (χ4v) is 2.47. The third-order valence-electron chi connectivity index (χ3n) is 2.86. The summed E-state index contributed by atoms with van der Waals surface area (Å²) in [7, 11) is 1.57. The van der Waals surface area contributed by atoms with Crippen LogP contribution in [0, 0.1) is 0 Å². The third kappa shape index (κ3) is 3.57. The Bertz CT molecular complexity index is 651. The summed E-state index contributed by atoms with van der Waals surface area (Å²) in [5, 5.41) is 13.5. The number of carboxylic acids is 1. The van der Waals surface area contributed by atoms with Crippen molar-refractivity contribution in [2.45, 2.75) is 12.8 Å². The summed E-state index contributed by atoms with van der Waals surface area (Å²) in [6.07, 6.45) is 0. The number of aromatic carboxylic acids is 1. The molecule has 0 radical (unpaired) electrons. The maximum atomic E-state index is 12.1. The SMILES string of the molecule is COc1ccc(NC(=O)[C@@H](C)c2nc(C(=O)O)cs2)cc1. The lowest BCUT2D eigenvalue weighted by Crippen LogP contribution is -2.18. The molecule has 21 heavy (non-hydrogen) atoms. The molecule has 2 N–H and O–H groups in total. The molecule has 1 amide bonds. The van der Waals surface area contributed by atoms with E-state index in [1.807, 2.05) is 0 Å². The van der Waals surface area contributed by atoms with Crippen molar-refractivity contribution in [3.63, 3.8) is 0 Å². The van der Waals surface area contributed by atoms with E-state index in [2.05, 4.69) is 10.3 Å². The zero-order chi connectivity index (χ0) is 15.4. The Kier molecular flexibility index (Phi) is 4.54. The van der Waals surface area contributed by atoms with Gasteiger partial charge in [0.05, 0.1) is 13.0 Å². The van der Waals surface area contributed by atoms with Crippen LogP contribution in [0.1, 0.15) is 28.3 Å². The quantitative estimate of drug-likeness (QED) is 0.886. The van der Waals surface area contributed by atoms with Gasteiger partial charge in [0.1, 0.15) is 10.8 Å². The molecule has 0 aliphatic carbocycles. The number of hydrogen-bond donors (Lipinski definition) is 2. The summed E-state index contributed by atoms with van der Waals surface area (Å²) in [5.74, 6) is -1.16. The second kappa shape index (κ2) is 6.36. The van der Waals surface area contributed by atoms with Gasteiger partial charge in [-0.25, -0.2) is 9.78 Å². The van der Waals surface area contributed by atoms with Gasteiger partial charge in [0, 0.05) is 11.1 Å². The minimum atomic E-state index is -1.10. The molecule has 110 valence electrons. The van der Waals surface area contributed by atoms with Crippen LogP contribution in [0.15, 0.2) is 29.6 Å². The average molecular weight is 306 g/mol. The van der Waals surface area contributed by atoms with Gasteiger partial charge in [-0.15, -0.1) is 11.3 Å². The van der Waals surface area contributed by atoms with E-state index in [9.17, 15) is 9.59 Å². The topological polar surface area (TPSA) is 88.5 Å². The summed E-state index contributed by atoms with van der Waals surface area (Å²) in [6.45, 7) is 1.68. The van der Waals surface area contributed by atoms with E-state index in [0.29, 0.717) is 16.4 Å². The Balaban J connectivity index is 2.05. The molecule has 1 heterocycles. The standard InChI is InChI=1S/C14H14N2O4S/c1-8(13-16-11(7-21-13)14(18)19)12(17)15-9-3-5-10(20-2)6-4-9/h3-8H,1-2H3,(H,15,17)(H,18,19)/t8-/m1/s1. The molecule has 0 saturated heterocycles. The van der Waals surface area contributed by atoms with Crippen LogP contribution in [0.2, 0.25) is 0 Å². The van der Waals surface area contributed by atoms with E-state index in [-0.39, 0.29) is 11.6 Å². The molecule has 2 aromatic rings. The number of nitrogens with zero attached hydrogens (tertiary/aromatic N) is 1. The van der Waals surface area contributed by atoms with Crippen LogP contribution in [-0.4, -0.2) is 29.1 Å². The van der Waals surface area contributed by atoms with Gasteiger partial charge in [0.15, 0.2) is 5.69 Å². The van der Waals surface area contributed by atoms with Crippen molar-refractivity contribution in [1.29, 1.82) is 0 Å². The first kappa shape index (κ1) is 15.0. The summed E-state index contributed by atoms with van der Waals surface area (Å²) in [6, 6.07) is 6.94. The maximum absolute atomic E-state index is 12.1. The predicted molar refractivity (Wildman–Crippen MR) is 79.1 cm³/mol. The molecular weight excluding hydrogens is 292 g/mol. The highest BCUT2D eigenvalue weighted by Crippen LogP contribution is 2.22. The highest BCUT2D eigenvalue weighted by atomic mass is 32.1. The number of thiazole rings is 1. The first-order valence-corrected chi connectivity index (χ1v) is 7.03. The Morgan fingerprint density at radius 1 is 1.33 bits per heavy atom. The molecule has 0 unspecified atom stereocenters. The Labute approximate surface area is 125 Å².